The van der Waals surface area contributed by atoms with Gasteiger partial charge in [-0.1, -0.05) is 56.3 Å². The van der Waals surface area contributed by atoms with E-state index < -0.39 is 0 Å². The molecule has 7 nitrogen and oxygen atoms in total. The van der Waals surface area contributed by atoms with Crippen LogP contribution in [0.25, 0.3) is 22.3 Å². The van der Waals surface area contributed by atoms with Gasteiger partial charge in [-0.05, 0) is 30.7 Å². The van der Waals surface area contributed by atoms with Crippen LogP contribution in [0.2, 0.25) is 0 Å². The van der Waals surface area contributed by atoms with Gasteiger partial charge in [0.05, 0.1) is 22.3 Å². The molecule has 0 bridgehead atoms. The zero-order valence-electron chi connectivity index (χ0n) is 19.2. The second-order valence-electron chi connectivity index (χ2n) is 8.35. The van der Waals surface area contributed by atoms with Gasteiger partial charge in [0.1, 0.15) is 0 Å². The van der Waals surface area contributed by atoms with Crippen molar-refractivity contribution in [2.75, 3.05) is 5.32 Å². The van der Waals surface area contributed by atoms with Gasteiger partial charge in [-0.3, -0.25) is 14.3 Å². The Morgan fingerprint density at radius 1 is 1.03 bits per heavy atom. The molecule has 4 rings (SSSR count). The minimum absolute atomic E-state index is 0.0289. The van der Waals surface area contributed by atoms with Crippen molar-refractivity contribution in [3.05, 3.63) is 77.5 Å². The molecule has 0 saturated carbocycles. The van der Waals surface area contributed by atoms with Gasteiger partial charge in [-0.2, -0.15) is 5.10 Å². The number of nitrogens with one attached hydrogen (secondary N) is 2. The fourth-order valence-corrected chi connectivity index (χ4v) is 3.65. The van der Waals surface area contributed by atoms with E-state index in [-0.39, 0.29) is 17.7 Å². The molecule has 0 unspecified atom stereocenters. The SMILES string of the molecule is Cc1nn(C)c2nc(-c3ccccc3)cc(C(=O)NCc3ccc(NC(=O)C(C)C)cc3)c12. The van der Waals surface area contributed by atoms with Crippen molar-refractivity contribution in [1.29, 1.82) is 0 Å². The van der Waals surface area contributed by atoms with Crippen LogP contribution in [0.1, 0.15) is 35.5 Å². The van der Waals surface area contributed by atoms with Crippen molar-refractivity contribution in [2.24, 2.45) is 13.0 Å². The van der Waals surface area contributed by atoms with Crippen LogP contribution < -0.4 is 10.6 Å². The van der Waals surface area contributed by atoms with Gasteiger partial charge >= 0.3 is 0 Å². The molecule has 2 N–H and O–H groups in total. The molecule has 33 heavy (non-hydrogen) atoms. The summed E-state index contributed by atoms with van der Waals surface area (Å²) in [4.78, 5) is 29.8. The monoisotopic (exact) mass is 441 g/mol. The molecule has 0 saturated heterocycles. The fourth-order valence-electron chi connectivity index (χ4n) is 3.65. The summed E-state index contributed by atoms with van der Waals surface area (Å²) in [6, 6.07) is 19.1. The number of carbonyl (C=O) groups is 2. The van der Waals surface area contributed by atoms with Gasteiger partial charge in [-0.25, -0.2) is 4.98 Å². The normalized spacial score (nSPS) is 11.1. The van der Waals surface area contributed by atoms with E-state index in [9.17, 15) is 9.59 Å². The predicted octanol–water partition coefficient (Wildman–Crippen LogP) is 4.47. The Kier molecular flexibility index (Phi) is 6.22. The van der Waals surface area contributed by atoms with Crippen LogP contribution in [0, 0.1) is 12.8 Å². The molecular formula is C26H27N5O2. The van der Waals surface area contributed by atoms with Gasteiger partial charge in [0.25, 0.3) is 5.91 Å². The molecule has 2 heterocycles. The first-order chi connectivity index (χ1) is 15.8. The Labute approximate surface area is 192 Å². The van der Waals surface area contributed by atoms with Crippen molar-refractivity contribution in [1.82, 2.24) is 20.1 Å². The zero-order valence-corrected chi connectivity index (χ0v) is 19.2. The largest absolute Gasteiger partial charge is 0.348 e. The number of fused-ring (bicyclic) bond motifs is 1. The maximum atomic E-state index is 13.2. The van der Waals surface area contributed by atoms with E-state index in [2.05, 4.69) is 15.7 Å². The molecule has 0 aliphatic carbocycles. The van der Waals surface area contributed by atoms with Gasteiger partial charge in [-0.15, -0.1) is 0 Å². The van der Waals surface area contributed by atoms with E-state index in [1.807, 2.05) is 88.5 Å². The Morgan fingerprint density at radius 3 is 2.39 bits per heavy atom. The highest BCUT2D eigenvalue weighted by Gasteiger charge is 2.19. The first kappa shape index (κ1) is 22.2. The lowest BCUT2D eigenvalue weighted by Crippen LogP contribution is -2.23. The molecule has 0 aliphatic heterocycles. The number of benzene rings is 2. The van der Waals surface area contributed by atoms with E-state index in [0.29, 0.717) is 17.8 Å². The summed E-state index contributed by atoms with van der Waals surface area (Å²) in [6.45, 7) is 5.94. The predicted molar refractivity (Wildman–Crippen MR) is 130 cm³/mol. The Balaban J connectivity index is 1.57. The van der Waals surface area contributed by atoms with Crippen LogP contribution in [0.3, 0.4) is 0 Å². The van der Waals surface area contributed by atoms with E-state index in [1.54, 1.807) is 4.68 Å². The van der Waals surface area contributed by atoms with Crippen LogP contribution in [0.4, 0.5) is 5.69 Å². The summed E-state index contributed by atoms with van der Waals surface area (Å²) in [5, 5.41) is 11.1. The van der Waals surface area contributed by atoms with Crippen molar-refractivity contribution >= 4 is 28.5 Å². The molecule has 7 heteroatoms. The van der Waals surface area contributed by atoms with Crippen LogP contribution in [0.15, 0.2) is 60.7 Å². The van der Waals surface area contributed by atoms with E-state index in [1.165, 1.54) is 0 Å². The summed E-state index contributed by atoms with van der Waals surface area (Å²) in [7, 11) is 1.83. The third-order valence-corrected chi connectivity index (χ3v) is 5.48. The summed E-state index contributed by atoms with van der Waals surface area (Å²) in [6.07, 6.45) is 0. The minimum Gasteiger partial charge on any atom is -0.348 e. The molecule has 2 amide bonds. The third kappa shape index (κ3) is 4.77. The number of amides is 2. The lowest BCUT2D eigenvalue weighted by atomic mass is 10.0. The van der Waals surface area contributed by atoms with Crippen molar-refractivity contribution in [3.8, 4) is 11.3 Å². The van der Waals surface area contributed by atoms with Crippen LogP contribution in [0.5, 0.6) is 0 Å². The van der Waals surface area contributed by atoms with E-state index in [4.69, 9.17) is 4.98 Å². The number of pyridine rings is 1. The molecule has 0 aliphatic rings. The summed E-state index contributed by atoms with van der Waals surface area (Å²) >= 11 is 0. The number of aryl methyl sites for hydroxylation is 2. The molecule has 0 radical (unpaired) electrons. The van der Waals surface area contributed by atoms with E-state index in [0.717, 1.165) is 33.6 Å². The molecule has 4 aromatic rings. The maximum absolute atomic E-state index is 13.2. The van der Waals surface area contributed by atoms with Gasteiger partial charge in [0.15, 0.2) is 5.65 Å². The average Bonchev–Trinajstić information content (AvgIpc) is 3.11. The summed E-state index contributed by atoms with van der Waals surface area (Å²) < 4.78 is 1.71. The number of rotatable bonds is 6. The maximum Gasteiger partial charge on any atom is 0.252 e. The minimum atomic E-state index is -0.187. The molecule has 2 aromatic heterocycles. The Hall–Kier alpha value is -4.00. The first-order valence-corrected chi connectivity index (χ1v) is 10.9. The average molecular weight is 442 g/mol. The highest BCUT2D eigenvalue weighted by Crippen LogP contribution is 2.27. The molecule has 0 spiro atoms. The lowest BCUT2D eigenvalue weighted by molar-refractivity contribution is -0.118. The Morgan fingerprint density at radius 2 is 1.73 bits per heavy atom. The van der Waals surface area contributed by atoms with Crippen molar-refractivity contribution < 1.29 is 9.59 Å². The number of hydrogen-bond donors (Lipinski definition) is 2. The topological polar surface area (TPSA) is 88.9 Å². The highest BCUT2D eigenvalue weighted by atomic mass is 16.2. The second-order valence-corrected chi connectivity index (χ2v) is 8.35. The fraction of sp³-hybridized carbons (Fsp3) is 0.231. The molecule has 2 aromatic carbocycles. The number of aromatic nitrogens is 3. The van der Waals surface area contributed by atoms with Crippen LogP contribution >= 0.6 is 0 Å². The second kappa shape index (κ2) is 9.24. The van der Waals surface area contributed by atoms with Crippen LogP contribution in [-0.4, -0.2) is 26.6 Å². The molecule has 0 atom stereocenters. The molecule has 0 fully saturated rings. The van der Waals surface area contributed by atoms with Crippen molar-refractivity contribution in [3.63, 3.8) is 0 Å². The summed E-state index contributed by atoms with van der Waals surface area (Å²) in [5.41, 5.74) is 5.30. The summed E-state index contributed by atoms with van der Waals surface area (Å²) in [5.74, 6) is -0.301. The standard InChI is InChI=1S/C26H27N5O2/c1-16(2)25(32)28-20-12-10-18(11-13-20)15-27-26(33)21-14-22(19-8-6-5-7-9-19)29-24-23(21)17(3)30-31(24)4/h5-14,16H,15H2,1-4H3,(H,27,33)(H,28,32). The van der Waals surface area contributed by atoms with Gasteiger partial charge < -0.3 is 10.6 Å². The van der Waals surface area contributed by atoms with E-state index >= 15 is 0 Å². The van der Waals surface area contributed by atoms with Crippen LogP contribution in [-0.2, 0) is 18.4 Å². The zero-order chi connectivity index (χ0) is 23.5. The smallest absolute Gasteiger partial charge is 0.252 e. The van der Waals surface area contributed by atoms with Crippen molar-refractivity contribution in [2.45, 2.75) is 27.3 Å². The number of anilines is 1. The third-order valence-electron chi connectivity index (χ3n) is 5.48. The number of carbonyl (C=O) groups excluding carboxylic acids is 2. The molecule has 168 valence electrons. The molecular weight excluding hydrogens is 414 g/mol. The highest BCUT2D eigenvalue weighted by molar-refractivity contribution is 6.07. The van der Waals surface area contributed by atoms with Gasteiger partial charge in [0.2, 0.25) is 5.91 Å². The number of hydrogen-bond acceptors (Lipinski definition) is 4. The van der Waals surface area contributed by atoms with Gasteiger partial charge in [0, 0.05) is 30.8 Å². The lowest BCUT2D eigenvalue weighted by Gasteiger charge is -2.11. The Bertz CT molecular complexity index is 1310. The first-order valence-electron chi connectivity index (χ1n) is 10.9. The number of nitrogens with zero attached hydrogens (tertiary/aromatic N) is 3. The quantitative estimate of drug-likeness (QED) is 0.462.